The maximum atomic E-state index is 13.2. The third-order valence-corrected chi connectivity index (χ3v) is 7.22. The van der Waals surface area contributed by atoms with Crippen molar-refractivity contribution in [2.24, 2.45) is 0 Å². The van der Waals surface area contributed by atoms with Gasteiger partial charge in [-0.2, -0.15) is 0 Å². The first-order valence-electron chi connectivity index (χ1n) is 11.8. The lowest BCUT2D eigenvalue weighted by Gasteiger charge is -2.16. The average Bonchev–Trinajstić information content (AvgIpc) is 2.95. The molecule has 1 atom stereocenters. The largest absolute Gasteiger partial charge is 0.497 e. The molecule has 4 rings (SSSR count). The number of ether oxygens (including phenoxy) is 2. The van der Waals surface area contributed by atoms with Gasteiger partial charge in [-0.25, -0.2) is 22.5 Å². The molecule has 4 aromatic rings. The Kier molecular flexibility index (Phi) is 8.66. The summed E-state index contributed by atoms with van der Waals surface area (Å²) >= 11 is 6.05. The van der Waals surface area contributed by atoms with Crippen LogP contribution in [0.3, 0.4) is 0 Å². The summed E-state index contributed by atoms with van der Waals surface area (Å²) in [7, 11) is -2.72. The monoisotopic (exact) mass is 583 g/mol. The van der Waals surface area contributed by atoms with Gasteiger partial charge in [0.05, 0.1) is 23.1 Å². The van der Waals surface area contributed by atoms with Gasteiger partial charge < -0.3 is 14.8 Å². The summed E-state index contributed by atoms with van der Waals surface area (Å²) in [6.07, 6.45) is 1.32. The molecule has 9 nitrogen and oxygen atoms in total. The molecule has 206 valence electrons. The van der Waals surface area contributed by atoms with Crippen LogP contribution in [0.1, 0.15) is 39.2 Å². The Balaban J connectivity index is 1.44. The van der Waals surface area contributed by atoms with Gasteiger partial charge in [0.15, 0.2) is 0 Å². The number of carbonyl (C=O) groups excluding carboxylic acids is 2. The van der Waals surface area contributed by atoms with E-state index in [-0.39, 0.29) is 32.7 Å². The van der Waals surface area contributed by atoms with Gasteiger partial charge in [-0.3, -0.25) is 9.59 Å². The molecule has 1 heterocycles. The lowest BCUT2D eigenvalue weighted by molar-refractivity contribution is 0.0934. The Hall–Kier alpha value is -4.48. The van der Waals surface area contributed by atoms with Gasteiger partial charge in [-0.1, -0.05) is 29.8 Å². The van der Waals surface area contributed by atoms with Crippen molar-refractivity contribution in [1.82, 2.24) is 15.0 Å². The molecule has 0 saturated carbocycles. The number of nitrogens with one attached hydrogen (secondary N) is 2. The van der Waals surface area contributed by atoms with Crippen molar-refractivity contribution in [2.45, 2.75) is 17.9 Å². The van der Waals surface area contributed by atoms with Crippen molar-refractivity contribution < 1.29 is 31.9 Å². The SMILES string of the molecule is COc1cccc(S(=O)(=O)NC(=O)c2ccc([C@H](C)NC(=O)c3cc(Cl)cnc3Oc3ccc(F)cc3)cc2)c1. The van der Waals surface area contributed by atoms with Crippen molar-refractivity contribution in [1.29, 1.82) is 0 Å². The summed E-state index contributed by atoms with van der Waals surface area (Å²) in [5, 5.41) is 3.02. The van der Waals surface area contributed by atoms with Crippen molar-refractivity contribution in [3.05, 3.63) is 113 Å². The number of methoxy groups -OCH3 is 1. The average molecular weight is 584 g/mol. The van der Waals surface area contributed by atoms with Crippen LogP contribution in [0.15, 0.2) is 90.0 Å². The van der Waals surface area contributed by atoms with Gasteiger partial charge in [0.2, 0.25) is 5.88 Å². The number of hydrogen-bond acceptors (Lipinski definition) is 7. The minimum Gasteiger partial charge on any atom is -0.497 e. The number of hydrogen-bond donors (Lipinski definition) is 2. The van der Waals surface area contributed by atoms with Gasteiger partial charge in [0.25, 0.3) is 21.8 Å². The minimum atomic E-state index is -4.13. The van der Waals surface area contributed by atoms with Crippen LogP contribution in [0.2, 0.25) is 5.02 Å². The number of carbonyl (C=O) groups is 2. The molecule has 0 fully saturated rings. The number of pyridine rings is 1. The van der Waals surface area contributed by atoms with E-state index in [9.17, 15) is 22.4 Å². The Morgan fingerprint density at radius 3 is 2.33 bits per heavy atom. The van der Waals surface area contributed by atoms with E-state index in [0.29, 0.717) is 11.3 Å². The van der Waals surface area contributed by atoms with Crippen molar-refractivity contribution in [2.75, 3.05) is 7.11 Å². The molecule has 0 aliphatic rings. The molecule has 0 saturated heterocycles. The van der Waals surface area contributed by atoms with E-state index in [2.05, 4.69) is 10.3 Å². The zero-order valence-corrected chi connectivity index (χ0v) is 22.8. The highest BCUT2D eigenvalue weighted by Crippen LogP contribution is 2.26. The van der Waals surface area contributed by atoms with Crippen LogP contribution < -0.4 is 19.5 Å². The Morgan fingerprint density at radius 2 is 1.65 bits per heavy atom. The zero-order valence-electron chi connectivity index (χ0n) is 21.2. The number of rotatable bonds is 9. The van der Waals surface area contributed by atoms with Crippen LogP contribution in [0.5, 0.6) is 17.4 Å². The van der Waals surface area contributed by atoms with E-state index in [4.69, 9.17) is 21.1 Å². The Labute approximate surface area is 235 Å². The predicted octanol–water partition coefficient (Wildman–Crippen LogP) is 5.28. The second-order valence-electron chi connectivity index (χ2n) is 8.49. The second-order valence-corrected chi connectivity index (χ2v) is 10.6. The van der Waals surface area contributed by atoms with E-state index in [1.165, 1.54) is 74.0 Å². The van der Waals surface area contributed by atoms with Crippen LogP contribution in [0.25, 0.3) is 0 Å². The molecule has 12 heteroatoms. The molecular weight excluding hydrogens is 561 g/mol. The first-order valence-corrected chi connectivity index (χ1v) is 13.6. The molecule has 0 radical (unpaired) electrons. The molecule has 3 aromatic carbocycles. The van der Waals surface area contributed by atoms with E-state index in [0.717, 1.165) is 0 Å². The smallest absolute Gasteiger partial charge is 0.264 e. The van der Waals surface area contributed by atoms with Crippen LogP contribution in [0.4, 0.5) is 4.39 Å². The van der Waals surface area contributed by atoms with E-state index < -0.39 is 33.7 Å². The molecule has 40 heavy (non-hydrogen) atoms. The summed E-state index contributed by atoms with van der Waals surface area (Å²) < 4.78 is 51.2. The summed E-state index contributed by atoms with van der Waals surface area (Å²) in [4.78, 5) is 29.7. The molecule has 1 aromatic heterocycles. The zero-order chi connectivity index (χ0) is 28.9. The third-order valence-electron chi connectivity index (χ3n) is 5.69. The lowest BCUT2D eigenvalue weighted by Crippen LogP contribution is -2.30. The predicted molar refractivity (Wildman–Crippen MR) is 146 cm³/mol. The van der Waals surface area contributed by atoms with Gasteiger partial charge in [-0.05, 0) is 67.1 Å². The highest BCUT2D eigenvalue weighted by atomic mass is 35.5. The van der Waals surface area contributed by atoms with Crippen LogP contribution in [-0.2, 0) is 10.0 Å². The molecule has 2 amide bonds. The van der Waals surface area contributed by atoms with E-state index >= 15 is 0 Å². The first kappa shape index (κ1) is 28.5. The number of aromatic nitrogens is 1. The van der Waals surface area contributed by atoms with E-state index in [1.807, 2.05) is 4.72 Å². The summed E-state index contributed by atoms with van der Waals surface area (Å²) in [6.45, 7) is 1.72. The van der Waals surface area contributed by atoms with Crippen molar-refractivity contribution >= 4 is 33.4 Å². The summed E-state index contributed by atoms with van der Waals surface area (Å²) in [5.74, 6) is -1.21. The van der Waals surface area contributed by atoms with Crippen LogP contribution >= 0.6 is 11.6 Å². The molecule has 0 unspecified atom stereocenters. The molecule has 0 spiro atoms. The van der Waals surface area contributed by atoms with E-state index in [1.54, 1.807) is 25.1 Å². The number of nitrogens with zero attached hydrogens (tertiary/aromatic N) is 1. The second kappa shape index (κ2) is 12.1. The maximum Gasteiger partial charge on any atom is 0.264 e. The molecule has 0 bridgehead atoms. The Morgan fingerprint density at radius 1 is 0.950 bits per heavy atom. The number of halogens is 2. The highest BCUT2D eigenvalue weighted by Gasteiger charge is 2.21. The van der Waals surface area contributed by atoms with Gasteiger partial charge in [0.1, 0.15) is 22.9 Å². The fourth-order valence-electron chi connectivity index (χ4n) is 3.57. The van der Waals surface area contributed by atoms with Crippen molar-refractivity contribution in [3.63, 3.8) is 0 Å². The third kappa shape index (κ3) is 6.93. The van der Waals surface area contributed by atoms with Crippen molar-refractivity contribution in [3.8, 4) is 17.4 Å². The lowest BCUT2D eigenvalue weighted by atomic mass is 10.1. The number of sulfonamides is 1. The molecule has 0 aliphatic carbocycles. The first-order chi connectivity index (χ1) is 19.1. The van der Waals surface area contributed by atoms with Crippen LogP contribution in [-0.4, -0.2) is 32.3 Å². The van der Waals surface area contributed by atoms with Gasteiger partial charge >= 0.3 is 0 Å². The topological polar surface area (TPSA) is 124 Å². The minimum absolute atomic E-state index is 0.0232. The summed E-state index contributed by atoms with van der Waals surface area (Å²) in [5.41, 5.74) is 0.793. The maximum absolute atomic E-state index is 13.2. The number of amides is 2. The standard InChI is InChI=1S/C28H23ClFN3O6S/c1-17(32-27(35)25-14-20(29)16-31-28(25)39-22-12-10-21(30)11-13-22)18-6-8-19(9-7-18)26(34)33-40(36,37)24-5-3-4-23(15-24)38-2/h3-17H,1-2H3,(H,32,35)(H,33,34)/t17-/m0/s1. The Bertz CT molecular complexity index is 1650. The fourth-order valence-corrected chi connectivity index (χ4v) is 4.74. The quantitative estimate of drug-likeness (QED) is 0.274. The molecule has 0 aliphatic heterocycles. The van der Waals surface area contributed by atoms with Gasteiger partial charge in [0, 0.05) is 17.8 Å². The number of benzene rings is 3. The molecule has 2 N–H and O–H groups in total. The summed E-state index contributed by atoms with van der Waals surface area (Å²) in [6, 6.07) is 17.9. The fraction of sp³-hybridized carbons (Fsp3) is 0.107. The normalized spacial score (nSPS) is 11.8. The van der Waals surface area contributed by atoms with Crippen LogP contribution in [0, 0.1) is 5.82 Å². The highest BCUT2D eigenvalue weighted by molar-refractivity contribution is 7.90. The van der Waals surface area contributed by atoms with Gasteiger partial charge in [-0.15, -0.1) is 0 Å². The molecular formula is C28H23ClFN3O6S.